The van der Waals surface area contributed by atoms with Gasteiger partial charge in [0.2, 0.25) is 0 Å². The third-order valence-electron chi connectivity index (χ3n) is 3.49. The number of methoxy groups -OCH3 is 1. The van der Waals surface area contributed by atoms with E-state index in [1.54, 1.807) is 7.11 Å². The zero-order valence-corrected chi connectivity index (χ0v) is 9.37. The van der Waals surface area contributed by atoms with Gasteiger partial charge in [0.1, 0.15) is 11.3 Å². The van der Waals surface area contributed by atoms with Crippen molar-refractivity contribution in [3.8, 4) is 5.75 Å². The summed E-state index contributed by atoms with van der Waals surface area (Å²) < 4.78 is 5.16. The summed E-state index contributed by atoms with van der Waals surface area (Å²) in [7, 11) is 1.58. The fourth-order valence-electron chi connectivity index (χ4n) is 2.61. The van der Waals surface area contributed by atoms with Crippen LogP contribution in [-0.2, 0) is 16.8 Å². The number of benzene rings is 1. The molecule has 1 aromatic rings. The summed E-state index contributed by atoms with van der Waals surface area (Å²) in [5, 5.41) is 5.03. The maximum absolute atomic E-state index is 11.9. The van der Waals surface area contributed by atoms with Gasteiger partial charge in [-0.25, -0.2) is 4.79 Å². The number of hydrogen-bond donors (Lipinski definition) is 2. The van der Waals surface area contributed by atoms with Crippen molar-refractivity contribution < 1.29 is 14.3 Å². The zero-order valence-electron chi connectivity index (χ0n) is 9.37. The Balaban J connectivity index is 2.14. The van der Waals surface area contributed by atoms with E-state index < -0.39 is 11.6 Å². The zero-order chi connectivity index (χ0) is 12.0. The number of rotatable bonds is 1. The quantitative estimate of drug-likeness (QED) is 0.699. The van der Waals surface area contributed by atoms with E-state index in [0.717, 1.165) is 17.5 Å². The second kappa shape index (κ2) is 3.23. The molecule has 1 aliphatic heterocycles. The lowest BCUT2D eigenvalue weighted by molar-refractivity contribution is -0.124. The first-order chi connectivity index (χ1) is 8.15. The molecule has 0 unspecified atom stereocenters. The van der Waals surface area contributed by atoms with Crippen LogP contribution in [0.25, 0.3) is 0 Å². The molecule has 1 saturated heterocycles. The summed E-state index contributed by atoms with van der Waals surface area (Å²) in [5.74, 6) is 0.425. The number of amides is 3. The van der Waals surface area contributed by atoms with Crippen LogP contribution in [0.2, 0.25) is 0 Å². The molecule has 5 heteroatoms. The highest BCUT2D eigenvalue weighted by Gasteiger charge is 2.51. The van der Waals surface area contributed by atoms with Gasteiger partial charge in [0.25, 0.3) is 5.91 Å². The van der Waals surface area contributed by atoms with Crippen molar-refractivity contribution in [2.45, 2.75) is 18.4 Å². The smallest absolute Gasteiger partial charge is 0.322 e. The highest BCUT2D eigenvalue weighted by Crippen LogP contribution is 2.40. The van der Waals surface area contributed by atoms with Crippen molar-refractivity contribution in [3.63, 3.8) is 0 Å². The molecule has 1 heterocycles. The lowest BCUT2D eigenvalue weighted by Gasteiger charge is -2.21. The van der Waals surface area contributed by atoms with Gasteiger partial charge in [0.05, 0.1) is 7.11 Å². The minimum atomic E-state index is -0.888. The molecule has 5 nitrogen and oxygen atoms in total. The van der Waals surface area contributed by atoms with E-state index in [-0.39, 0.29) is 5.91 Å². The Kier molecular flexibility index (Phi) is 1.92. The van der Waals surface area contributed by atoms with Crippen LogP contribution in [-0.4, -0.2) is 19.0 Å². The van der Waals surface area contributed by atoms with Crippen LogP contribution in [0.3, 0.4) is 0 Å². The number of urea groups is 1. The van der Waals surface area contributed by atoms with Gasteiger partial charge in [-0.15, -0.1) is 0 Å². The number of carbonyl (C=O) groups is 2. The Morgan fingerprint density at radius 1 is 1.35 bits per heavy atom. The van der Waals surface area contributed by atoms with Gasteiger partial charge in [-0.2, -0.15) is 0 Å². The van der Waals surface area contributed by atoms with Gasteiger partial charge in [-0.1, -0.05) is 6.07 Å². The summed E-state index contributed by atoms with van der Waals surface area (Å²) in [6.07, 6.45) is 1.39. The van der Waals surface area contributed by atoms with Crippen LogP contribution in [0, 0.1) is 0 Å². The molecule has 1 atom stereocenters. The summed E-state index contributed by atoms with van der Waals surface area (Å²) in [5.41, 5.74) is 1.05. The maximum atomic E-state index is 11.9. The van der Waals surface area contributed by atoms with Crippen molar-refractivity contribution in [2.75, 3.05) is 7.11 Å². The molecular weight excluding hydrogens is 220 g/mol. The normalized spacial score (nSPS) is 25.7. The first-order valence-corrected chi connectivity index (χ1v) is 5.47. The maximum Gasteiger partial charge on any atom is 0.322 e. The van der Waals surface area contributed by atoms with Crippen LogP contribution in [0.15, 0.2) is 18.2 Å². The van der Waals surface area contributed by atoms with Crippen LogP contribution in [0.1, 0.15) is 17.5 Å². The molecule has 1 spiro atoms. The molecule has 0 bridgehead atoms. The van der Waals surface area contributed by atoms with Crippen LogP contribution >= 0.6 is 0 Å². The van der Waals surface area contributed by atoms with Crippen LogP contribution in [0.4, 0.5) is 4.79 Å². The molecular formula is C12H12N2O3. The van der Waals surface area contributed by atoms with Gasteiger partial charge in [0.15, 0.2) is 0 Å². The molecule has 88 valence electrons. The number of aryl methyl sites for hydroxylation is 1. The van der Waals surface area contributed by atoms with Gasteiger partial charge >= 0.3 is 6.03 Å². The van der Waals surface area contributed by atoms with Crippen LogP contribution < -0.4 is 15.4 Å². The standard InChI is InChI=1S/C12H12N2O3/c1-17-8-3-2-7-4-5-12(9(7)6-8)10(15)13-11(16)14-12/h2-3,6H,4-5H2,1H3,(H2,13,14,15,16)/t12-/m1/s1. The Bertz CT molecular complexity index is 526. The molecule has 0 saturated carbocycles. The monoisotopic (exact) mass is 232 g/mol. The Hall–Kier alpha value is -2.04. The second-order valence-corrected chi connectivity index (χ2v) is 4.34. The Morgan fingerprint density at radius 2 is 2.18 bits per heavy atom. The molecule has 1 fully saturated rings. The molecule has 3 amide bonds. The molecule has 17 heavy (non-hydrogen) atoms. The Labute approximate surface area is 98.1 Å². The minimum Gasteiger partial charge on any atom is -0.497 e. The van der Waals surface area contributed by atoms with Crippen molar-refractivity contribution in [1.29, 1.82) is 0 Å². The average Bonchev–Trinajstić information content (AvgIpc) is 2.82. The SMILES string of the molecule is COc1ccc2c(c1)[C@@]1(CC2)NC(=O)NC1=O. The number of fused-ring (bicyclic) bond motifs is 2. The molecule has 0 radical (unpaired) electrons. The Morgan fingerprint density at radius 3 is 2.82 bits per heavy atom. The van der Waals surface area contributed by atoms with Crippen molar-refractivity contribution >= 4 is 11.9 Å². The predicted octanol–water partition coefficient (Wildman–Crippen LogP) is 0.676. The predicted molar refractivity (Wildman–Crippen MR) is 59.7 cm³/mol. The summed E-state index contributed by atoms with van der Waals surface area (Å²) in [6.45, 7) is 0. The highest BCUT2D eigenvalue weighted by atomic mass is 16.5. The van der Waals surface area contributed by atoms with Gasteiger partial charge in [-0.05, 0) is 36.1 Å². The van der Waals surface area contributed by atoms with E-state index in [0.29, 0.717) is 12.2 Å². The first kappa shape index (κ1) is 10.1. The summed E-state index contributed by atoms with van der Waals surface area (Å²) in [6, 6.07) is 5.21. The van der Waals surface area contributed by atoms with Crippen LogP contribution in [0.5, 0.6) is 5.75 Å². The number of carbonyl (C=O) groups excluding carboxylic acids is 2. The van der Waals surface area contributed by atoms with Gasteiger partial charge in [-0.3, -0.25) is 10.1 Å². The first-order valence-electron chi connectivity index (χ1n) is 5.47. The second-order valence-electron chi connectivity index (χ2n) is 4.34. The minimum absolute atomic E-state index is 0.269. The van der Waals surface area contributed by atoms with E-state index in [2.05, 4.69) is 10.6 Å². The molecule has 0 aromatic heterocycles. The van der Waals surface area contributed by atoms with Crippen molar-refractivity contribution in [3.05, 3.63) is 29.3 Å². The number of hydrogen-bond acceptors (Lipinski definition) is 3. The number of nitrogens with one attached hydrogen (secondary N) is 2. The van der Waals surface area contributed by atoms with E-state index in [1.165, 1.54) is 0 Å². The molecule has 1 aliphatic carbocycles. The van der Waals surface area contributed by atoms with Gasteiger partial charge in [0, 0.05) is 0 Å². The van der Waals surface area contributed by atoms with E-state index >= 15 is 0 Å². The molecule has 2 N–H and O–H groups in total. The van der Waals surface area contributed by atoms with Crippen molar-refractivity contribution in [1.82, 2.24) is 10.6 Å². The van der Waals surface area contributed by atoms with E-state index in [4.69, 9.17) is 4.74 Å². The third-order valence-corrected chi connectivity index (χ3v) is 3.49. The van der Waals surface area contributed by atoms with Crippen molar-refractivity contribution in [2.24, 2.45) is 0 Å². The lowest BCUT2D eigenvalue weighted by Crippen LogP contribution is -2.41. The fraction of sp³-hybridized carbons (Fsp3) is 0.333. The number of imide groups is 1. The molecule has 2 aliphatic rings. The van der Waals surface area contributed by atoms with E-state index in [9.17, 15) is 9.59 Å². The van der Waals surface area contributed by atoms with E-state index in [1.807, 2.05) is 18.2 Å². The average molecular weight is 232 g/mol. The molecule has 3 rings (SSSR count). The topological polar surface area (TPSA) is 67.4 Å². The highest BCUT2D eigenvalue weighted by molar-refractivity contribution is 6.08. The molecule has 1 aromatic carbocycles. The summed E-state index contributed by atoms with van der Waals surface area (Å²) in [4.78, 5) is 23.2. The number of ether oxygens (including phenoxy) is 1. The lowest BCUT2D eigenvalue weighted by atomic mass is 9.92. The summed E-state index contributed by atoms with van der Waals surface area (Å²) >= 11 is 0. The fourth-order valence-corrected chi connectivity index (χ4v) is 2.61. The largest absolute Gasteiger partial charge is 0.497 e. The third kappa shape index (κ3) is 1.25. The van der Waals surface area contributed by atoms with Gasteiger partial charge < -0.3 is 10.1 Å².